The molecule has 150 valence electrons. The fourth-order valence-corrected chi connectivity index (χ4v) is 3.51. The van der Waals surface area contributed by atoms with Crippen molar-refractivity contribution in [3.05, 3.63) is 89.2 Å². The first-order chi connectivity index (χ1) is 14.4. The molecule has 0 aliphatic rings. The molecule has 4 nitrogen and oxygen atoms in total. The lowest BCUT2D eigenvalue weighted by Gasteiger charge is -2.13. The number of carbonyl (C=O) groups is 1. The SMILES string of the molecule is COc1ccc(NC(=O)c2cc(-c3ccc(F)cc3)nc3c(C)cc(C)cc23)cc1. The quantitative estimate of drug-likeness (QED) is 0.463. The second-order valence-corrected chi connectivity index (χ2v) is 7.22. The first-order valence-electron chi connectivity index (χ1n) is 9.58. The Hall–Kier alpha value is -3.73. The van der Waals surface area contributed by atoms with Gasteiger partial charge < -0.3 is 10.1 Å². The summed E-state index contributed by atoms with van der Waals surface area (Å²) < 4.78 is 18.5. The highest BCUT2D eigenvalue weighted by atomic mass is 19.1. The maximum atomic E-state index is 13.4. The van der Waals surface area contributed by atoms with E-state index in [1.165, 1.54) is 12.1 Å². The van der Waals surface area contributed by atoms with Gasteiger partial charge in [-0.25, -0.2) is 9.37 Å². The zero-order valence-corrected chi connectivity index (χ0v) is 17.0. The van der Waals surface area contributed by atoms with Crippen LogP contribution in [0.3, 0.4) is 0 Å². The molecular formula is C25H21FN2O2. The first kappa shape index (κ1) is 19.6. The second kappa shape index (κ2) is 7.95. The molecule has 0 radical (unpaired) electrons. The molecule has 0 saturated heterocycles. The number of aryl methyl sites for hydroxylation is 2. The molecule has 0 fully saturated rings. The topological polar surface area (TPSA) is 51.2 Å². The van der Waals surface area contributed by atoms with E-state index in [1.54, 1.807) is 49.6 Å². The number of halogens is 1. The van der Waals surface area contributed by atoms with Gasteiger partial charge in [-0.1, -0.05) is 11.6 Å². The summed E-state index contributed by atoms with van der Waals surface area (Å²) >= 11 is 0. The number of anilines is 1. The highest BCUT2D eigenvalue weighted by Crippen LogP contribution is 2.29. The van der Waals surface area contributed by atoms with E-state index in [9.17, 15) is 9.18 Å². The van der Waals surface area contributed by atoms with E-state index < -0.39 is 0 Å². The number of nitrogens with zero attached hydrogens (tertiary/aromatic N) is 1. The number of amides is 1. The van der Waals surface area contributed by atoms with E-state index in [0.29, 0.717) is 22.7 Å². The Balaban J connectivity index is 1.83. The summed E-state index contributed by atoms with van der Waals surface area (Å²) in [5.74, 6) is 0.164. The van der Waals surface area contributed by atoms with Crippen LogP contribution in [0, 0.1) is 19.7 Å². The number of benzene rings is 3. The normalized spacial score (nSPS) is 10.8. The summed E-state index contributed by atoms with van der Waals surface area (Å²) in [4.78, 5) is 18.0. The van der Waals surface area contributed by atoms with Crippen LogP contribution in [0.4, 0.5) is 10.1 Å². The van der Waals surface area contributed by atoms with Gasteiger partial charge in [0.05, 0.1) is 23.9 Å². The molecule has 0 aliphatic heterocycles. The van der Waals surface area contributed by atoms with Gasteiger partial charge in [-0.2, -0.15) is 0 Å². The van der Waals surface area contributed by atoms with Crippen LogP contribution in [-0.2, 0) is 0 Å². The van der Waals surface area contributed by atoms with Crippen molar-refractivity contribution in [3.8, 4) is 17.0 Å². The Labute approximate surface area is 174 Å². The maximum Gasteiger partial charge on any atom is 0.256 e. The zero-order chi connectivity index (χ0) is 21.3. The summed E-state index contributed by atoms with van der Waals surface area (Å²) in [5.41, 5.74) is 5.33. The minimum atomic E-state index is -0.316. The van der Waals surface area contributed by atoms with Gasteiger partial charge in [-0.15, -0.1) is 0 Å². The molecule has 0 unspecified atom stereocenters. The van der Waals surface area contributed by atoms with Crippen LogP contribution < -0.4 is 10.1 Å². The Morgan fingerprint density at radius 2 is 1.67 bits per heavy atom. The van der Waals surface area contributed by atoms with Crippen LogP contribution in [0.25, 0.3) is 22.2 Å². The number of ether oxygens (including phenoxy) is 1. The molecule has 1 N–H and O–H groups in total. The Kier molecular flexibility index (Phi) is 5.19. The van der Waals surface area contributed by atoms with Gasteiger partial charge in [0, 0.05) is 16.6 Å². The molecule has 1 heterocycles. The van der Waals surface area contributed by atoms with Crippen molar-refractivity contribution in [3.63, 3.8) is 0 Å². The highest BCUT2D eigenvalue weighted by Gasteiger charge is 2.16. The molecule has 0 atom stereocenters. The van der Waals surface area contributed by atoms with Crippen LogP contribution in [0.5, 0.6) is 5.75 Å². The van der Waals surface area contributed by atoms with Crippen molar-refractivity contribution >= 4 is 22.5 Å². The molecule has 0 aliphatic carbocycles. The molecule has 0 bridgehead atoms. The van der Waals surface area contributed by atoms with Crippen LogP contribution in [0.2, 0.25) is 0 Å². The van der Waals surface area contributed by atoms with E-state index >= 15 is 0 Å². The Morgan fingerprint density at radius 3 is 2.33 bits per heavy atom. The molecule has 3 aromatic carbocycles. The highest BCUT2D eigenvalue weighted by molar-refractivity contribution is 6.13. The third-order valence-corrected chi connectivity index (χ3v) is 4.98. The lowest BCUT2D eigenvalue weighted by atomic mass is 9.99. The fraction of sp³-hybridized carbons (Fsp3) is 0.120. The molecule has 4 rings (SSSR count). The lowest BCUT2D eigenvalue weighted by Crippen LogP contribution is -2.13. The van der Waals surface area contributed by atoms with Crippen molar-refractivity contribution in [1.82, 2.24) is 4.98 Å². The van der Waals surface area contributed by atoms with Crippen molar-refractivity contribution in [2.75, 3.05) is 12.4 Å². The van der Waals surface area contributed by atoms with Gasteiger partial charge in [0.2, 0.25) is 0 Å². The number of hydrogen-bond acceptors (Lipinski definition) is 3. The third-order valence-electron chi connectivity index (χ3n) is 4.98. The number of fused-ring (bicyclic) bond motifs is 1. The average Bonchev–Trinajstić information content (AvgIpc) is 2.74. The number of aromatic nitrogens is 1. The van der Waals surface area contributed by atoms with Gasteiger partial charge >= 0.3 is 0 Å². The van der Waals surface area contributed by atoms with Crippen molar-refractivity contribution in [2.24, 2.45) is 0 Å². The van der Waals surface area contributed by atoms with Crippen LogP contribution in [-0.4, -0.2) is 18.0 Å². The third kappa shape index (κ3) is 3.87. The zero-order valence-electron chi connectivity index (χ0n) is 17.0. The molecule has 30 heavy (non-hydrogen) atoms. The predicted octanol–water partition coefficient (Wildman–Crippen LogP) is 5.92. The number of hydrogen-bond donors (Lipinski definition) is 1. The predicted molar refractivity (Wildman–Crippen MR) is 118 cm³/mol. The van der Waals surface area contributed by atoms with E-state index in [4.69, 9.17) is 9.72 Å². The first-order valence-corrected chi connectivity index (χ1v) is 9.58. The minimum Gasteiger partial charge on any atom is -0.497 e. The maximum absolute atomic E-state index is 13.4. The summed E-state index contributed by atoms with van der Waals surface area (Å²) in [6, 6.07) is 19.0. The molecule has 1 amide bonds. The Morgan fingerprint density at radius 1 is 0.967 bits per heavy atom. The van der Waals surface area contributed by atoms with Crippen LogP contribution in [0.15, 0.2) is 66.7 Å². The van der Waals surface area contributed by atoms with E-state index in [1.807, 2.05) is 26.0 Å². The van der Waals surface area contributed by atoms with Crippen LogP contribution >= 0.6 is 0 Å². The summed E-state index contributed by atoms with van der Waals surface area (Å²) in [5, 5.41) is 3.73. The number of methoxy groups -OCH3 is 1. The van der Waals surface area contributed by atoms with Crippen molar-refractivity contribution in [2.45, 2.75) is 13.8 Å². The lowest BCUT2D eigenvalue weighted by molar-refractivity contribution is 0.102. The van der Waals surface area contributed by atoms with Gasteiger partial charge in [0.15, 0.2) is 0 Å². The van der Waals surface area contributed by atoms with Gasteiger partial charge in [0.25, 0.3) is 5.91 Å². The van der Waals surface area contributed by atoms with Crippen molar-refractivity contribution in [1.29, 1.82) is 0 Å². The number of carbonyl (C=O) groups excluding carboxylic acids is 1. The van der Waals surface area contributed by atoms with E-state index in [-0.39, 0.29) is 11.7 Å². The number of rotatable bonds is 4. The Bertz CT molecular complexity index is 1230. The minimum absolute atomic E-state index is 0.235. The standard InChI is InChI=1S/C25H21FN2O2/c1-15-12-16(2)24-21(13-15)22(14-23(28-24)17-4-6-18(26)7-5-17)25(29)27-19-8-10-20(30-3)11-9-19/h4-14H,1-3H3,(H,27,29). The molecular weight excluding hydrogens is 379 g/mol. The summed E-state index contributed by atoms with van der Waals surface area (Å²) in [6.45, 7) is 3.97. The van der Waals surface area contributed by atoms with E-state index in [2.05, 4.69) is 5.32 Å². The molecule has 0 saturated carbocycles. The average molecular weight is 400 g/mol. The van der Waals surface area contributed by atoms with Crippen LogP contribution in [0.1, 0.15) is 21.5 Å². The van der Waals surface area contributed by atoms with Gasteiger partial charge in [0.1, 0.15) is 11.6 Å². The molecule has 5 heteroatoms. The summed E-state index contributed by atoms with van der Waals surface area (Å²) in [6.07, 6.45) is 0. The second-order valence-electron chi connectivity index (χ2n) is 7.22. The van der Waals surface area contributed by atoms with Gasteiger partial charge in [-0.3, -0.25) is 4.79 Å². The monoisotopic (exact) mass is 400 g/mol. The smallest absolute Gasteiger partial charge is 0.256 e. The number of nitrogens with one attached hydrogen (secondary N) is 1. The molecule has 4 aromatic rings. The van der Waals surface area contributed by atoms with Crippen molar-refractivity contribution < 1.29 is 13.9 Å². The fourth-order valence-electron chi connectivity index (χ4n) is 3.51. The largest absolute Gasteiger partial charge is 0.497 e. The molecule has 0 spiro atoms. The van der Waals surface area contributed by atoms with E-state index in [0.717, 1.165) is 27.6 Å². The molecule has 1 aromatic heterocycles. The summed E-state index contributed by atoms with van der Waals surface area (Å²) in [7, 11) is 1.60. The number of pyridine rings is 1. The van der Waals surface area contributed by atoms with Gasteiger partial charge in [-0.05, 0) is 80.1 Å².